The second kappa shape index (κ2) is 5.68. The van der Waals surface area contributed by atoms with Gasteiger partial charge in [-0.25, -0.2) is 4.98 Å². The van der Waals surface area contributed by atoms with E-state index in [0.717, 1.165) is 18.9 Å². The number of hydrogen-bond donors (Lipinski definition) is 1. The number of halogens is 3. The van der Waals surface area contributed by atoms with Crippen molar-refractivity contribution in [2.24, 2.45) is 0 Å². The maximum absolute atomic E-state index is 12.6. The van der Waals surface area contributed by atoms with Gasteiger partial charge < -0.3 is 5.32 Å². The van der Waals surface area contributed by atoms with Crippen LogP contribution in [-0.2, 0) is 19.0 Å². The molecule has 0 fully saturated rings. The molecule has 1 aliphatic carbocycles. The van der Waals surface area contributed by atoms with Gasteiger partial charge in [0.15, 0.2) is 0 Å². The van der Waals surface area contributed by atoms with Crippen molar-refractivity contribution in [2.75, 3.05) is 0 Å². The second-order valence-corrected chi connectivity index (χ2v) is 5.67. The van der Waals surface area contributed by atoms with E-state index in [4.69, 9.17) is 0 Å². The molecule has 3 nitrogen and oxygen atoms in total. The Morgan fingerprint density at radius 3 is 2.26 bits per heavy atom. The number of benzene rings is 1. The third kappa shape index (κ3) is 3.21. The summed E-state index contributed by atoms with van der Waals surface area (Å²) in [6.45, 7) is 1.41. The predicted molar refractivity (Wildman–Crippen MR) is 79.1 cm³/mol. The third-order valence-corrected chi connectivity index (χ3v) is 4.01. The third-order valence-electron chi connectivity index (χ3n) is 4.01. The summed E-state index contributed by atoms with van der Waals surface area (Å²) in [6.07, 6.45) is -3.04. The number of nitrogens with zero attached hydrogens (tertiary/aromatic N) is 1. The van der Waals surface area contributed by atoms with Crippen molar-refractivity contribution in [2.45, 2.75) is 32.0 Å². The molecule has 1 N–H and O–H groups in total. The molecule has 0 aliphatic heterocycles. The average molecular weight is 320 g/mol. The summed E-state index contributed by atoms with van der Waals surface area (Å²) in [5, 5.41) is 2.88. The SMILES string of the molecule is Cc1nc(C(F)(F)F)ccc1C(=O)NC1Cc2ccccc2C1. The molecule has 0 bridgehead atoms. The molecule has 1 heterocycles. The van der Waals surface area contributed by atoms with Gasteiger partial charge in [-0.1, -0.05) is 24.3 Å². The molecule has 1 amide bonds. The molecule has 0 saturated heterocycles. The van der Waals surface area contributed by atoms with Gasteiger partial charge in [-0.05, 0) is 43.0 Å². The molecular formula is C17H15F3N2O. The van der Waals surface area contributed by atoms with Crippen LogP contribution in [0.5, 0.6) is 0 Å². The van der Waals surface area contributed by atoms with E-state index in [1.807, 2.05) is 24.3 Å². The number of pyridine rings is 1. The predicted octanol–water partition coefficient (Wildman–Crippen LogP) is 3.31. The fourth-order valence-corrected chi connectivity index (χ4v) is 2.88. The van der Waals surface area contributed by atoms with Crippen molar-refractivity contribution in [3.63, 3.8) is 0 Å². The van der Waals surface area contributed by atoms with E-state index in [1.54, 1.807) is 0 Å². The molecule has 23 heavy (non-hydrogen) atoms. The minimum Gasteiger partial charge on any atom is -0.349 e. The Morgan fingerprint density at radius 2 is 1.74 bits per heavy atom. The first-order chi connectivity index (χ1) is 10.8. The fourth-order valence-electron chi connectivity index (χ4n) is 2.88. The molecule has 0 atom stereocenters. The molecule has 0 spiro atoms. The van der Waals surface area contributed by atoms with Crippen molar-refractivity contribution < 1.29 is 18.0 Å². The van der Waals surface area contributed by atoms with E-state index in [0.29, 0.717) is 0 Å². The van der Waals surface area contributed by atoms with Crippen LogP contribution in [0.3, 0.4) is 0 Å². The highest BCUT2D eigenvalue weighted by molar-refractivity contribution is 5.95. The Kier molecular flexibility index (Phi) is 3.83. The van der Waals surface area contributed by atoms with E-state index >= 15 is 0 Å². The van der Waals surface area contributed by atoms with E-state index in [2.05, 4.69) is 10.3 Å². The first-order valence-corrected chi connectivity index (χ1v) is 7.27. The molecule has 3 rings (SSSR count). The summed E-state index contributed by atoms with van der Waals surface area (Å²) >= 11 is 0. The van der Waals surface area contributed by atoms with Crippen LogP contribution >= 0.6 is 0 Å². The summed E-state index contributed by atoms with van der Waals surface area (Å²) in [6, 6.07) is 9.92. The summed E-state index contributed by atoms with van der Waals surface area (Å²) in [4.78, 5) is 15.8. The number of carbonyl (C=O) groups is 1. The number of aryl methyl sites for hydroxylation is 1. The number of rotatable bonds is 2. The van der Waals surface area contributed by atoms with Crippen molar-refractivity contribution in [1.29, 1.82) is 0 Å². The van der Waals surface area contributed by atoms with Gasteiger partial charge in [0.25, 0.3) is 5.91 Å². The van der Waals surface area contributed by atoms with Crippen LogP contribution < -0.4 is 5.32 Å². The number of carbonyl (C=O) groups excluding carboxylic acids is 1. The highest BCUT2D eigenvalue weighted by atomic mass is 19.4. The number of hydrogen-bond acceptors (Lipinski definition) is 2. The second-order valence-electron chi connectivity index (χ2n) is 5.67. The Labute approximate surface area is 131 Å². The first-order valence-electron chi connectivity index (χ1n) is 7.27. The normalized spacial score (nSPS) is 14.6. The highest BCUT2D eigenvalue weighted by Gasteiger charge is 2.33. The molecule has 1 aromatic heterocycles. The maximum atomic E-state index is 12.6. The van der Waals surface area contributed by atoms with E-state index in [-0.39, 0.29) is 23.2 Å². The van der Waals surface area contributed by atoms with Gasteiger partial charge in [0.1, 0.15) is 5.69 Å². The molecule has 1 aromatic carbocycles. The van der Waals surface area contributed by atoms with E-state index in [9.17, 15) is 18.0 Å². The van der Waals surface area contributed by atoms with Crippen molar-refractivity contribution >= 4 is 5.91 Å². The number of fused-ring (bicyclic) bond motifs is 1. The topological polar surface area (TPSA) is 42.0 Å². The van der Waals surface area contributed by atoms with E-state index < -0.39 is 11.9 Å². The van der Waals surface area contributed by atoms with Crippen LogP contribution in [0.4, 0.5) is 13.2 Å². The molecule has 0 radical (unpaired) electrons. The van der Waals surface area contributed by atoms with Crippen LogP contribution in [0.1, 0.15) is 32.9 Å². The fraction of sp³-hybridized carbons (Fsp3) is 0.294. The van der Waals surface area contributed by atoms with Gasteiger partial charge >= 0.3 is 6.18 Å². The zero-order valence-electron chi connectivity index (χ0n) is 12.4. The highest BCUT2D eigenvalue weighted by Crippen LogP contribution is 2.28. The smallest absolute Gasteiger partial charge is 0.349 e. The van der Waals surface area contributed by atoms with Crippen LogP contribution in [0, 0.1) is 6.92 Å². The Morgan fingerprint density at radius 1 is 1.13 bits per heavy atom. The minimum atomic E-state index is -4.51. The number of nitrogens with one attached hydrogen (secondary N) is 1. The quantitative estimate of drug-likeness (QED) is 0.922. The molecular weight excluding hydrogens is 305 g/mol. The lowest BCUT2D eigenvalue weighted by molar-refractivity contribution is -0.141. The van der Waals surface area contributed by atoms with Gasteiger partial charge in [-0.2, -0.15) is 13.2 Å². The van der Waals surface area contributed by atoms with Crippen LogP contribution in [-0.4, -0.2) is 16.9 Å². The van der Waals surface area contributed by atoms with Gasteiger partial charge in [0, 0.05) is 6.04 Å². The van der Waals surface area contributed by atoms with Crippen LogP contribution in [0.15, 0.2) is 36.4 Å². The molecule has 2 aromatic rings. The van der Waals surface area contributed by atoms with Crippen LogP contribution in [0.2, 0.25) is 0 Å². The zero-order chi connectivity index (χ0) is 16.6. The summed E-state index contributed by atoms with van der Waals surface area (Å²) in [7, 11) is 0. The molecule has 6 heteroatoms. The number of alkyl halides is 3. The molecule has 0 unspecified atom stereocenters. The number of amides is 1. The average Bonchev–Trinajstić information content (AvgIpc) is 2.88. The first kappa shape index (κ1) is 15.5. The summed E-state index contributed by atoms with van der Waals surface area (Å²) in [5.41, 5.74) is 1.65. The lowest BCUT2D eigenvalue weighted by Crippen LogP contribution is -2.35. The van der Waals surface area contributed by atoms with E-state index in [1.165, 1.54) is 24.1 Å². The van der Waals surface area contributed by atoms with Gasteiger partial charge in [-0.15, -0.1) is 0 Å². The number of aromatic nitrogens is 1. The lowest BCUT2D eigenvalue weighted by Gasteiger charge is -2.14. The standard InChI is InChI=1S/C17H15F3N2O/c1-10-14(6-7-15(21-10)17(18,19)20)16(23)22-13-8-11-4-2-3-5-12(11)9-13/h2-7,13H,8-9H2,1H3,(H,22,23). The largest absolute Gasteiger partial charge is 0.433 e. The Hall–Kier alpha value is -2.37. The summed E-state index contributed by atoms with van der Waals surface area (Å²) < 4.78 is 37.9. The molecule has 120 valence electrons. The summed E-state index contributed by atoms with van der Waals surface area (Å²) in [5.74, 6) is -0.387. The Bertz CT molecular complexity index is 731. The monoisotopic (exact) mass is 320 g/mol. The van der Waals surface area contributed by atoms with Crippen molar-refractivity contribution in [1.82, 2.24) is 10.3 Å². The zero-order valence-corrected chi connectivity index (χ0v) is 12.4. The maximum Gasteiger partial charge on any atom is 0.433 e. The van der Waals surface area contributed by atoms with Crippen LogP contribution in [0.25, 0.3) is 0 Å². The molecule has 0 saturated carbocycles. The van der Waals surface area contributed by atoms with Gasteiger partial charge in [0.05, 0.1) is 11.3 Å². The van der Waals surface area contributed by atoms with Gasteiger partial charge in [0.2, 0.25) is 0 Å². The molecule has 1 aliphatic rings. The van der Waals surface area contributed by atoms with Gasteiger partial charge in [-0.3, -0.25) is 4.79 Å². The van der Waals surface area contributed by atoms with Crippen molar-refractivity contribution in [3.05, 3.63) is 64.5 Å². The Balaban J connectivity index is 1.73. The minimum absolute atomic E-state index is 0.0402. The lowest BCUT2D eigenvalue weighted by atomic mass is 10.1. The van der Waals surface area contributed by atoms with Crippen molar-refractivity contribution in [3.8, 4) is 0 Å².